The maximum atomic E-state index is 12.0. The highest BCUT2D eigenvalue weighted by molar-refractivity contribution is 7.98. The van der Waals surface area contributed by atoms with Gasteiger partial charge in [-0.3, -0.25) is 4.79 Å². The Labute approximate surface area is 118 Å². The SMILES string of the molecule is CSc1ccc(OC(C)C(=O)NC2CCNC2)cc1. The molecule has 0 aromatic heterocycles. The Morgan fingerprint density at radius 1 is 1.47 bits per heavy atom. The molecule has 1 saturated heterocycles. The summed E-state index contributed by atoms with van der Waals surface area (Å²) >= 11 is 1.68. The Balaban J connectivity index is 1.84. The Kier molecular flexibility index (Phi) is 5.10. The van der Waals surface area contributed by atoms with Crippen LogP contribution in [0.4, 0.5) is 0 Å². The van der Waals surface area contributed by atoms with Gasteiger partial charge in [0.2, 0.25) is 0 Å². The summed E-state index contributed by atoms with van der Waals surface area (Å²) in [5.74, 6) is 0.674. The van der Waals surface area contributed by atoms with Crippen molar-refractivity contribution in [2.24, 2.45) is 0 Å². The molecule has 1 heterocycles. The summed E-state index contributed by atoms with van der Waals surface area (Å²) in [5, 5.41) is 6.21. The molecule has 2 rings (SSSR count). The van der Waals surface area contributed by atoms with Crippen LogP contribution in [0.1, 0.15) is 13.3 Å². The van der Waals surface area contributed by atoms with Crippen molar-refractivity contribution in [2.45, 2.75) is 30.4 Å². The predicted molar refractivity (Wildman–Crippen MR) is 77.7 cm³/mol. The second kappa shape index (κ2) is 6.82. The highest BCUT2D eigenvalue weighted by Gasteiger charge is 2.21. The van der Waals surface area contributed by atoms with Crippen LogP contribution in [0.15, 0.2) is 29.2 Å². The van der Waals surface area contributed by atoms with E-state index in [-0.39, 0.29) is 11.9 Å². The predicted octanol–water partition coefficient (Wildman–Crippen LogP) is 1.65. The second-order valence-electron chi connectivity index (χ2n) is 4.63. The molecular weight excluding hydrogens is 260 g/mol. The van der Waals surface area contributed by atoms with E-state index < -0.39 is 6.10 Å². The molecule has 2 atom stereocenters. The highest BCUT2D eigenvalue weighted by Crippen LogP contribution is 2.19. The summed E-state index contributed by atoms with van der Waals surface area (Å²) in [6.45, 7) is 3.59. The molecule has 19 heavy (non-hydrogen) atoms. The van der Waals surface area contributed by atoms with Crippen LogP contribution in [0.5, 0.6) is 5.75 Å². The fraction of sp³-hybridized carbons (Fsp3) is 0.500. The lowest BCUT2D eigenvalue weighted by molar-refractivity contribution is -0.127. The van der Waals surface area contributed by atoms with E-state index >= 15 is 0 Å². The fourth-order valence-corrected chi connectivity index (χ4v) is 2.42. The van der Waals surface area contributed by atoms with Gasteiger partial charge in [0.1, 0.15) is 5.75 Å². The van der Waals surface area contributed by atoms with E-state index in [0.29, 0.717) is 0 Å². The fourth-order valence-electron chi connectivity index (χ4n) is 2.01. The first kappa shape index (κ1) is 14.2. The minimum Gasteiger partial charge on any atom is -0.481 e. The molecular formula is C14H20N2O2S. The smallest absolute Gasteiger partial charge is 0.261 e. The zero-order valence-electron chi connectivity index (χ0n) is 11.3. The van der Waals surface area contributed by atoms with Gasteiger partial charge in [-0.25, -0.2) is 0 Å². The normalized spacial score (nSPS) is 20.0. The Bertz CT molecular complexity index is 416. The standard InChI is InChI=1S/C14H20N2O2S/c1-10(14(17)16-11-7-8-15-9-11)18-12-3-5-13(19-2)6-4-12/h3-6,10-11,15H,7-9H2,1-2H3,(H,16,17). The Morgan fingerprint density at radius 3 is 2.79 bits per heavy atom. The van der Waals surface area contributed by atoms with E-state index in [0.717, 1.165) is 25.3 Å². The number of nitrogens with one attached hydrogen (secondary N) is 2. The lowest BCUT2D eigenvalue weighted by atomic mass is 10.2. The number of carbonyl (C=O) groups excluding carboxylic acids is 1. The molecule has 1 amide bonds. The van der Waals surface area contributed by atoms with E-state index in [1.807, 2.05) is 30.5 Å². The summed E-state index contributed by atoms with van der Waals surface area (Å²) in [4.78, 5) is 13.1. The van der Waals surface area contributed by atoms with Gasteiger partial charge in [0.15, 0.2) is 6.10 Å². The van der Waals surface area contributed by atoms with Gasteiger partial charge in [-0.05, 0) is 50.4 Å². The summed E-state index contributed by atoms with van der Waals surface area (Å²) in [5.41, 5.74) is 0. The second-order valence-corrected chi connectivity index (χ2v) is 5.51. The van der Waals surface area contributed by atoms with E-state index in [9.17, 15) is 4.79 Å². The molecule has 0 radical (unpaired) electrons. The maximum Gasteiger partial charge on any atom is 0.261 e. The largest absolute Gasteiger partial charge is 0.481 e. The quantitative estimate of drug-likeness (QED) is 0.805. The lowest BCUT2D eigenvalue weighted by Gasteiger charge is -2.17. The summed E-state index contributed by atoms with van der Waals surface area (Å²) in [7, 11) is 0. The molecule has 2 N–H and O–H groups in total. The van der Waals surface area contributed by atoms with Crippen molar-refractivity contribution in [1.82, 2.24) is 10.6 Å². The van der Waals surface area contributed by atoms with Gasteiger partial charge >= 0.3 is 0 Å². The van der Waals surface area contributed by atoms with Crippen molar-refractivity contribution in [3.63, 3.8) is 0 Å². The Morgan fingerprint density at radius 2 is 2.21 bits per heavy atom. The molecule has 1 aliphatic rings. The van der Waals surface area contributed by atoms with Gasteiger partial charge in [0.05, 0.1) is 0 Å². The third-order valence-electron chi connectivity index (χ3n) is 3.15. The van der Waals surface area contributed by atoms with E-state index in [1.165, 1.54) is 4.90 Å². The number of hydrogen-bond donors (Lipinski definition) is 2. The van der Waals surface area contributed by atoms with Crippen LogP contribution in [0, 0.1) is 0 Å². The topological polar surface area (TPSA) is 50.4 Å². The summed E-state index contributed by atoms with van der Waals surface area (Å²) in [6, 6.07) is 8.01. The van der Waals surface area contributed by atoms with Gasteiger partial charge < -0.3 is 15.4 Å². The van der Waals surface area contributed by atoms with Crippen molar-refractivity contribution in [1.29, 1.82) is 0 Å². The number of hydrogen-bond acceptors (Lipinski definition) is 4. The van der Waals surface area contributed by atoms with Crippen LogP contribution >= 0.6 is 11.8 Å². The van der Waals surface area contributed by atoms with Gasteiger partial charge in [0.25, 0.3) is 5.91 Å². The third kappa shape index (κ3) is 4.14. The molecule has 0 spiro atoms. The summed E-state index contributed by atoms with van der Waals surface area (Å²) in [6.07, 6.45) is 2.54. The molecule has 2 unspecified atom stereocenters. The number of ether oxygens (including phenoxy) is 1. The molecule has 0 aliphatic carbocycles. The highest BCUT2D eigenvalue weighted by atomic mass is 32.2. The molecule has 4 nitrogen and oxygen atoms in total. The van der Waals surface area contributed by atoms with Gasteiger partial charge in [-0.15, -0.1) is 11.8 Å². The van der Waals surface area contributed by atoms with E-state index in [1.54, 1.807) is 18.7 Å². The van der Waals surface area contributed by atoms with Crippen LogP contribution in [-0.2, 0) is 4.79 Å². The van der Waals surface area contributed by atoms with Gasteiger partial charge in [0, 0.05) is 17.5 Å². The zero-order valence-corrected chi connectivity index (χ0v) is 12.1. The molecule has 1 aromatic carbocycles. The first-order chi connectivity index (χ1) is 9.19. The number of amides is 1. The van der Waals surface area contributed by atoms with Crippen molar-refractivity contribution >= 4 is 17.7 Å². The molecule has 1 fully saturated rings. The third-order valence-corrected chi connectivity index (χ3v) is 3.89. The zero-order chi connectivity index (χ0) is 13.7. The molecule has 0 bridgehead atoms. The first-order valence-electron chi connectivity index (χ1n) is 6.51. The van der Waals surface area contributed by atoms with Gasteiger partial charge in [-0.2, -0.15) is 0 Å². The summed E-state index contributed by atoms with van der Waals surface area (Å²) < 4.78 is 5.64. The van der Waals surface area contributed by atoms with Crippen molar-refractivity contribution in [3.05, 3.63) is 24.3 Å². The average Bonchev–Trinajstić information content (AvgIpc) is 2.92. The molecule has 104 valence electrons. The number of thioether (sulfide) groups is 1. The minimum atomic E-state index is -0.472. The maximum absolute atomic E-state index is 12.0. The molecule has 1 aliphatic heterocycles. The van der Waals surface area contributed by atoms with E-state index in [4.69, 9.17) is 4.74 Å². The lowest BCUT2D eigenvalue weighted by Crippen LogP contribution is -2.43. The van der Waals surface area contributed by atoms with Crippen LogP contribution in [0.25, 0.3) is 0 Å². The van der Waals surface area contributed by atoms with Crippen molar-refractivity contribution < 1.29 is 9.53 Å². The minimum absolute atomic E-state index is 0.0531. The van der Waals surface area contributed by atoms with Crippen LogP contribution < -0.4 is 15.4 Å². The van der Waals surface area contributed by atoms with Crippen LogP contribution in [-0.4, -0.2) is 37.4 Å². The van der Waals surface area contributed by atoms with Gasteiger partial charge in [-0.1, -0.05) is 0 Å². The average molecular weight is 280 g/mol. The monoisotopic (exact) mass is 280 g/mol. The Hall–Kier alpha value is -1.20. The molecule has 0 saturated carbocycles. The van der Waals surface area contributed by atoms with Crippen LogP contribution in [0.3, 0.4) is 0 Å². The first-order valence-corrected chi connectivity index (χ1v) is 7.73. The number of benzene rings is 1. The van der Waals surface area contributed by atoms with Crippen LogP contribution in [0.2, 0.25) is 0 Å². The number of carbonyl (C=O) groups is 1. The molecule has 1 aromatic rings. The number of rotatable bonds is 5. The van der Waals surface area contributed by atoms with Crippen molar-refractivity contribution in [2.75, 3.05) is 19.3 Å². The van der Waals surface area contributed by atoms with Crippen molar-refractivity contribution in [3.8, 4) is 5.75 Å². The molecule has 5 heteroatoms. The van der Waals surface area contributed by atoms with E-state index in [2.05, 4.69) is 10.6 Å².